The lowest BCUT2D eigenvalue weighted by atomic mass is 10.1. The second-order valence-corrected chi connectivity index (χ2v) is 4.91. The molecule has 1 aromatic heterocycles. The Bertz CT molecular complexity index is 818. The number of carboxylic acid groups (broad SMARTS) is 1. The number of carboxylic acids is 1. The highest BCUT2D eigenvalue weighted by molar-refractivity contribution is 6.01. The molecule has 0 amide bonds. The second kappa shape index (κ2) is 4.49. The van der Waals surface area contributed by atoms with Crippen LogP contribution in [0, 0.1) is 13.8 Å². The van der Waals surface area contributed by atoms with Gasteiger partial charge in [-0.2, -0.15) is 0 Å². The number of para-hydroxylation sites is 1. The molecule has 100 valence electrons. The third-order valence-electron chi connectivity index (χ3n) is 3.38. The number of carbonyl (C=O) groups is 1. The Balaban J connectivity index is 2.23. The van der Waals surface area contributed by atoms with E-state index >= 15 is 0 Å². The number of aromatic amines is 1. The predicted molar refractivity (Wildman–Crippen MR) is 78.0 cm³/mol. The molecular weight excluding hydrogens is 252 g/mol. The van der Waals surface area contributed by atoms with Crippen molar-refractivity contribution in [2.24, 2.45) is 0 Å². The van der Waals surface area contributed by atoms with E-state index in [1.54, 1.807) is 12.1 Å². The molecule has 4 heteroatoms. The second-order valence-electron chi connectivity index (χ2n) is 4.91. The van der Waals surface area contributed by atoms with Gasteiger partial charge in [0.25, 0.3) is 0 Å². The fourth-order valence-corrected chi connectivity index (χ4v) is 2.41. The predicted octanol–water partition coefficient (Wildman–Crippen LogP) is 3.54. The molecule has 0 saturated carbocycles. The summed E-state index contributed by atoms with van der Waals surface area (Å²) in [6.07, 6.45) is 0. The van der Waals surface area contributed by atoms with Crippen LogP contribution >= 0.6 is 0 Å². The van der Waals surface area contributed by atoms with Crippen molar-refractivity contribution in [1.29, 1.82) is 0 Å². The maximum atomic E-state index is 11.2. The minimum Gasteiger partial charge on any atom is -0.478 e. The van der Waals surface area contributed by atoms with Gasteiger partial charge in [-0.05, 0) is 31.5 Å². The number of rotatable bonds is 2. The van der Waals surface area contributed by atoms with E-state index in [1.165, 1.54) is 5.56 Å². The van der Waals surface area contributed by atoms with Crippen molar-refractivity contribution in [1.82, 2.24) is 9.97 Å². The number of nitrogens with one attached hydrogen (secondary N) is 1. The maximum Gasteiger partial charge on any atom is 0.337 e. The third-order valence-corrected chi connectivity index (χ3v) is 3.38. The van der Waals surface area contributed by atoms with Crippen LogP contribution in [0.4, 0.5) is 0 Å². The van der Waals surface area contributed by atoms with Crippen molar-refractivity contribution in [3.63, 3.8) is 0 Å². The van der Waals surface area contributed by atoms with Crippen LogP contribution in [0.3, 0.4) is 0 Å². The van der Waals surface area contributed by atoms with Gasteiger partial charge in [-0.25, -0.2) is 9.78 Å². The minimum atomic E-state index is -0.964. The van der Waals surface area contributed by atoms with Crippen LogP contribution in [-0.4, -0.2) is 21.0 Å². The van der Waals surface area contributed by atoms with Gasteiger partial charge in [-0.15, -0.1) is 0 Å². The van der Waals surface area contributed by atoms with Crippen LogP contribution in [0.2, 0.25) is 0 Å². The normalized spacial score (nSPS) is 10.9. The number of aromatic carboxylic acids is 1. The zero-order valence-corrected chi connectivity index (χ0v) is 11.3. The van der Waals surface area contributed by atoms with Crippen LogP contribution in [0.1, 0.15) is 21.5 Å². The van der Waals surface area contributed by atoms with Crippen LogP contribution in [-0.2, 0) is 0 Å². The summed E-state index contributed by atoms with van der Waals surface area (Å²) in [4.78, 5) is 18.9. The average Bonchev–Trinajstić information content (AvgIpc) is 2.81. The standard InChI is InChI=1S/C16H14N2O2/c1-9-6-7-11(10(2)8-9)15-17-13-5-3-4-12(16(19)20)14(13)18-15/h3-8H,1-2H3,(H,17,18)(H,19,20). The summed E-state index contributed by atoms with van der Waals surface area (Å²) in [7, 11) is 0. The molecule has 0 bridgehead atoms. The van der Waals surface area contributed by atoms with Gasteiger partial charge < -0.3 is 10.1 Å². The molecular formula is C16H14N2O2. The number of benzene rings is 2. The molecule has 0 fully saturated rings. The Kier molecular flexibility index (Phi) is 2.79. The van der Waals surface area contributed by atoms with E-state index in [0.717, 1.165) is 16.6 Å². The topological polar surface area (TPSA) is 66.0 Å². The monoisotopic (exact) mass is 266 g/mol. The Morgan fingerprint density at radius 2 is 2.00 bits per heavy atom. The number of imidazole rings is 1. The molecule has 0 aliphatic carbocycles. The van der Waals surface area contributed by atoms with Crippen LogP contribution < -0.4 is 0 Å². The van der Waals surface area contributed by atoms with Crippen LogP contribution in [0.25, 0.3) is 22.4 Å². The van der Waals surface area contributed by atoms with E-state index in [9.17, 15) is 9.90 Å². The number of fused-ring (bicyclic) bond motifs is 1. The molecule has 0 unspecified atom stereocenters. The smallest absolute Gasteiger partial charge is 0.337 e. The van der Waals surface area contributed by atoms with E-state index in [0.29, 0.717) is 11.3 Å². The van der Waals surface area contributed by atoms with Crippen molar-refractivity contribution < 1.29 is 9.90 Å². The summed E-state index contributed by atoms with van der Waals surface area (Å²) < 4.78 is 0. The summed E-state index contributed by atoms with van der Waals surface area (Å²) in [6, 6.07) is 11.2. The van der Waals surface area contributed by atoms with Gasteiger partial charge in [0.1, 0.15) is 11.3 Å². The summed E-state index contributed by atoms with van der Waals surface area (Å²) in [6.45, 7) is 4.06. The van der Waals surface area contributed by atoms with Crippen LogP contribution in [0.15, 0.2) is 36.4 Å². The van der Waals surface area contributed by atoms with Crippen molar-refractivity contribution in [2.45, 2.75) is 13.8 Å². The van der Waals surface area contributed by atoms with Gasteiger partial charge in [-0.3, -0.25) is 0 Å². The van der Waals surface area contributed by atoms with E-state index in [1.807, 2.05) is 32.0 Å². The molecule has 2 aromatic carbocycles. The van der Waals surface area contributed by atoms with Crippen molar-refractivity contribution in [3.8, 4) is 11.4 Å². The first-order chi connectivity index (χ1) is 9.56. The quantitative estimate of drug-likeness (QED) is 0.745. The molecule has 2 N–H and O–H groups in total. The number of hydrogen-bond donors (Lipinski definition) is 2. The zero-order chi connectivity index (χ0) is 14.3. The molecule has 0 saturated heterocycles. The number of H-pyrrole nitrogens is 1. The molecule has 0 radical (unpaired) electrons. The Morgan fingerprint density at radius 1 is 1.20 bits per heavy atom. The Morgan fingerprint density at radius 3 is 2.70 bits per heavy atom. The van der Waals surface area contributed by atoms with Crippen molar-refractivity contribution >= 4 is 17.0 Å². The van der Waals surface area contributed by atoms with Gasteiger partial charge in [0.05, 0.1) is 11.1 Å². The van der Waals surface area contributed by atoms with E-state index in [4.69, 9.17) is 0 Å². The van der Waals surface area contributed by atoms with Gasteiger partial charge in [0.2, 0.25) is 0 Å². The van der Waals surface area contributed by atoms with Crippen molar-refractivity contribution in [2.75, 3.05) is 0 Å². The van der Waals surface area contributed by atoms with Crippen LogP contribution in [0.5, 0.6) is 0 Å². The SMILES string of the molecule is Cc1ccc(-c2nc3c(C(=O)O)cccc3[nH]2)c(C)c1. The van der Waals surface area contributed by atoms with Gasteiger partial charge in [0, 0.05) is 5.56 Å². The lowest BCUT2D eigenvalue weighted by Crippen LogP contribution is -1.96. The first-order valence-corrected chi connectivity index (χ1v) is 6.36. The molecule has 3 aromatic rings. The van der Waals surface area contributed by atoms with Gasteiger partial charge >= 0.3 is 5.97 Å². The third kappa shape index (κ3) is 1.95. The largest absolute Gasteiger partial charge is 0.478 e. The maximum absolute atomic E-state index is 11.2. The highest BCUT2D eigenvalue weighted by Gasteiger charge is 2.14. The molecule has 0 aliphatic heterocycles. The first-order valence-electron chi connectivity index (χ1n) is 6.36. The molecule has 4 nitrogen and oxygen atoms in total. The van der Waals surface area contributed by atoms with E-state index in [2.05, 4.69) is 16.0 Å². The molecule has 1 heterocycles. The fraction of sp³-hybridized carbons (Fsp3) is 0.125. The first kappa shape index (κ1) is 12.4. The molecule has 0 aliphatic rings. The highest BCUT2D eigenvalue weighted by atomic mass is 16.4. The van der Waals surface area contributed by atoms with Gasteiger partial charge in [-0.1, -0.05) is 29.8 Å². The number of nitrogens with zero attached hydrogens (tertiary/aromatic N) is 1. The minimum absolute atomic E-state index is 0.217. The summed E-state index contributed by atoms with van der Waals surface area (Å²) in [5, 5.41) is 9.20. The van der Waals surface area contributed by atoms with Crippen molar-refractivity contribution in [3.05, 3.63) is 53.1 Å². The summed E-state index contributed by atoms with van der Waals surface area (Å²) >= 11 is 0. The lowest BCUT2D eigenvalue weighted by Gasteiger charge is -2.03. The van der Waals surface area contributed by atoms with E-state index in [-0.39, 0.29) is 5.56 Å². The Labute approximate surface area is 116 Å². The lowest BCUT2D eigenvalue weighted by molar-refractivity contribution is 0.0699. The number of hydrogen-bond acceptors (Lipinski definition) is 2. The Hall–Kier alpha value is -2.62. The molecule has 3 rings (SSSR count). The summed E-state index contributed by atoms with van der Waals surface area (Å²) in [5.41, 5.74) is 4.74. The van der Waals surface area contributed by atoms with E-state index < -0.39 is 5.97 Å². The fourth-order valence-electron chi connectivity index (χ4n) is 2.41. The molecule has 0 atom stereocenters. The number of aromatic nitrogens is 2. The zero-order valence-electron chi connectivity index (χ0n) is 11.3. The average molecular weight is 266 g/mol. The van der Waals surface area contributed by atoms with Gasteiger partial charge in [0.15, 0.2) is 0 Å². The number of aryl methyl sites for hydroxylation is 2. The highest BCUT2D eigenvalue weighted by Crippen LogP contribution is 2.25. The molecule has 20 heavy (non-hydrogen) atoms. The summed E-state index contributed by atoms with van der Waals surface area (Å²) in [5.74, 6) is -0.263. The molecule has 0 spiro atoms.